The summed E-state index contributed by atoms with van der Waals surface area (Å²) in [5.74, 6) is -2.27. The van der Waals surface area contributed by atoms with Crippen LogP contribution < -0.4 is 10.4 Å². The maximum absolute atomic E-state index is 13.2. The van der Waals surface area contributed by atoms with Crippen molar-refractivity contribution in [1.29, 1.82) is 0 Å². The molecule has 1 aliphatic rings. The molecule has 1 saturated carbocycles. The third-order valence-electron chi connectivity index (χ3n) is 6.54. The highest BCUT2D eigenvalue weighted by molar-refractivity contribution is 7.91. The second kappa shape index (κ2) is 10.6. The van der Waals surface area contributed by atoms with Gasteiger partial charge in [-0.1, -0.05) is 18.9 Å². The molecular weight excluding hydrogens is 515 g/mol. The zero-order valence-electron chi connectivity index (χ0n) is 19.7. The lowest BCUT2D eigenvalue weighted by Crippen LogP contribution is -2.30. The molecule has 2 atom stereocenters. The standard InChI is InChI=1S/C24H26F3N3O6S/c25-24(26,27)36-18-7-3-8-19(13-18)37(34,35)15-16-5-1-2-6-17(11-10-16)30-22-20(9-4-12-28-22)29(23(30)33)14-21(31)32/h3-4,7-9,12-13,16-17H,1-2,5-6,10-11,14-15H2,(H,31,32). The fourth-order valence-corrected chi connectivity index (χ4v) is 6.68. The molecule has 0 amide bonds. The zero-order valence-corrected chi connectivity index (χ0v) is 20.5. The lowest BCUT2D eigenvalue weighted by Gasteiger charge is -2.25. The highest BCUT2D eigenvalue weighted by Gasteiger charge is 2.32. The lowest BCUT2D eigenvalue weighted by molar-refractivity contribution is -0.274. The fraction of sp³-hybridized carbons (Fsp3) is 0.458. The number of sulfone groups is 1. The number of fused-ring (bicyclic) bond motifs is 1. The summed E-state index contributed by atoms with van der Waals surface area (Å²) >= 11 is 0. The van der Waals surface area contributed by atoms with Crippen LogP contribution >= 0.6 is 0 Å². The number of carboxylic acid groups (broad SMARTS) is 1. The number of carboxylic acids is 1. The first-order chi connectivity index (χ1) is 17.4. The first kappa shape index (κ1) is 26.7. The maximum atomic E-state index is 13.2. The van der Waals surface area contributed by atoms with Gasteiger partial charge in [0.2, 0.25) is 0 Å². The van der Waals surface area contributed by atoms with Gasteiger partial charge < -0.3 is 9.84 Å². The minimum atomic E-state index is -4.93. The Bertz CT molecular complexity index is 1450. The van der Waals surface area contributed by atoms with E-state index in [2.05, 4.69) is 9.72 Å². The third kappa shape index (κ3) is 6.32. The number of halogens is 3. The van der Waals surface area contributed by atoms with Crippen molar-refractivity contribution in [2.24, 2.45) is 5.92 Å². The van der Waals surface area contributed by atoms with E-state index in [9.17, 15) is 36.3 Å². The van der Waals surface area contributed by atoms with E-state index in [4.69, 9.17) is 0 Å². The molecule has 1 N–H and O–H groups in total. The minimum Gasteiger partial charge on any atom is -0.480 e. The number of hydrogen-bond donors (Lipinski definition) is 1. The summed E-state index contributed by atoms with van der Waals surface area (Å²) in [7, 11) is -3.90. The van der Waals surface area contributed by atoms with Crippen molar-refractivity contribution in [3.8, 4) is 5.75 Å². The molecule has 1 fully saturated rings. The highest BCUT2D eigenvalue weighted by Crippen LogP contribution is 2.33. The number of benzene rings is 1. The van der Waals surface area contributed by atoms with Gasteiger partial charge in [-0.15, -0.1) is 13.2 Å². The van der Waals surface area contributed by atoms with Gasteiger partial charge in [-0.05, 0) is 61.9 Å². The van der Waals surface area contributed by atoms with E-state index in [1.54, 1.807) is 12.1 Å². The van der Waals surface area contributed by atoms with E-state index in [-0.39, 0.29) is 22.6 Å². The predicted molar refractivity (Wildman–Crippen MR) is 127 cm³/mol. The largest absolute Gasteiger partial charge is 0.573 e. The molecule has 2 unspecified atom stereocenters. The zero-order chi connectivity index (χ0) is 26.8. The molecule has 0 radical (unpaired) electrons. The first-order valence-corrected chi connectivity index (χ1v) is 13.5. The number of nitrogens with zero attached hydrogens (tertiary/aromatic N) is 3. The van der Waals surface area contributed by atoms with Crippen LogP contribution in [0.15, 0.2) is 52.3 Å². The van der Waals surface area contributed by atoms with Crippen molar-refractivity contribution in [2.75, 3.05) is 5.75 Å². The summed E-state index contributed by atoms with van der Waals surface area (Å²) < 4.78 is 70.3. The van der Waals surface area contributed by atoms with E-state index in [1.807, 2.05) is 0 Å². The van der Waals surface area contributed by atoms with Crippen LogP contribution in [-0.4, -0.2) is 45.7 Å². The molecule has 4 rings (SSSR count). The van der Waals surface area contributed by atoms with E-state index in [1.165, 1.54) is 27.5 Å². The van der Waals surface area contributed by atoms with Crippen molar-refractivity contribution in [3.63, 3.8) is 0 Å². The summed E-state index contributed by atoms with van der Waals surface area (Å²) in [6, 6.07) is 7.32. The number of pyridine rings is 1. The second-order valence-electron chi connectivity index (χ2n) is 9.16. The number of carbonyl (C=O) groups is 1. The van der Waals surface area contributed by atoms with Crippen molar-refractivity contribution in [1.82, 2.24) is 14.1 Å². The van der Waals surface area contributed by atoms with E-state index >= 15 is 0 Å². The van der Waals surface area contributed by atoms with Crippen molar-refractivity contribution < 1.29 is 36.2 Å². The van der Waals surface area contributed by atoms with Gasteiger partial charge in [-0.2, -0.15) is 0 Å². The number of aliphatic carboxylic acids is 1. The Balaban J connectivity index is 1.55. The predicted octanol–water partition coefficient (Wildman–Crippen LogP) is 4.17. The van der Waals surface area contributed by atoms with Crippen LogP contribution in [0.1, 0.15) is 44.6 Å². The van der Waals surface area contributed by atoms with Crippen molar-refractivity contribution in [2.45, 2.75) is 62.4 Å². The Kier molecular flexibility index (Phi) is 7.62. The molecule has 13 heteroatoms. The Labute approximate surface area is 210 Å². The van der Waals surface area contributed by atoms with Crippen LogP contribution in [0, 0.1) is 5.92 Å². The molecule has 3 aromatic rings. The molecule has 37 heavy (non-hydrogen) atoms. The smallest absolute Gasteiger partial charge is 0.480 e. The van der Waals surface area contributed by atoms with Crippen molar-refractivity contribution >= 4 is 27.0 Å². The topological polar surface area (TPSA) is 120 Å². The Morgan fingerprint density at radius 2 is 1.86 bits per heavy atom. The number of hydrogen-bond acceptors (Lipinski definition) is 6. The maximum Gasteiger partial charge on any atom is 0.573 e. The average Bonchev–Trinajstić information content (AvgIpc) is 3.06. The quantitative estimate of drug-likeness (QED) is 0.477. The first-order valence-electron chi connectivity index (χ1n) is 11.8. The van der Waals surface area contributed by atoms with Crippen LogP contribution in [-0.2, 0) is 21.2 Å². The van der Waals surface area contributed by atoms with Gasteiger partial charge in [-0.3, -0.25) is 13.9 Å². The Morgan fingerprint density at radius 3 is 2.59 bits per heavy atom. The lowest BCUT2D eigenvalue weighted by atomic mass is 9.90. The molecule has 0 saturated heterocycles. The summed E-state index contributed by atoms with van der Waals surface area (Å²) in [5, 5.41) is 9.25. The summed E-state index contributed by atoms with van der Waals surface area (Å²) in [5.41, 5.74) is 0.314. The van der Waals surface area contributed by atoms with Gasteiger partial charge in [0.15, 0.2) is 15.5 Å². The van der Waals surface area contributed by atoms with Gasteiger partial charge in [-0.25, -0.2) is 18.2 Å². The van der Waals surface area contributed by atoms with E-state index in [0.29, 0.717) is 43.3 Å². The number of rotatable bonds is 7. The second-order valence-corrected chi connectivity index (χ2v) is 11.2. The minimum absolute atomic E-state index is 0.245. The molecule has 0 spiro atoms. The molecular formula is C24H26F3N3O6S. The number of aromatic nitrogens is 3. The van der Waals surface area contributed by atoms with Crippen molar-refractivity contribution in [3.05, 3.63) is 53.1 Å². The molecule has 1 aromatic carbocycles. The average molecular weight is 542 g/mol. The van der Waals surface area contributed by atoms with Crippen LogP contribution in [0.3, 0.4) is 0 Å². The molecule has 2 aromatic heterocycles. The summed E-state index contributed by atoms with van der Waals surface area (Å²) in [4.78, 5) is 28.6. The Morgan fingerprint density at radius 1 is 1.11 bits per heavy atom. The van der Waals surface area contributed by atoms with Gasteiger partial charge in [0, 0.05) is 12.2 Å². The Hall–Kier alpha value is -3.35. The van der Waals surface area contributed by atoms with Crippen LogP contribution in [0.2, 0.25) is 0 Å². The van der Waals surface area contributed by atoms with Crippen LogP contribution in [0.4, 0.5) is 13.2 Å². The third-order valence-corrected chi connectivity index (χ3v) is 8.42. The van der Waals surface area contributed by atoms with Crippen LogP contribution in [0.5, 0.6) is 5.75 Å². The molecule has 200 valence electrons. The number of ether oxygens (including phenoxy) is 1. The number of imidazole rings is 1. The normalized spacial score (nSPS) is 19.3. The SMILES string of the molecule is O=C(O)Cn1c(=O)n(C2CCCCC(CS(=O)(=O)c3cccc(OC(F)(F)F)c3)CC2)c2ncccc21. The molecule has 2 heterocycles. The van der Waals surface area contributed by atoms with E-state index in [0.717, 1.165) is 18.6 Å². The highest BCUT2D eigenvalue weighted by atomic mass is 32.2. The number of alkyl halides is 3. The molecule has 0 aliphatic heterocycles. The molecule has 9 nitrogen and oxygen atoms in total. The fourth-order valence-electron chi connectivity index (χ4n) is 4.95. The van der Waals surface area contributed by atoms with Gasteiger partial charge in [0.1, 0.15) is 12.3 Å². The van der Waals surface area contributed by atoms with Gasteiger partial charge in [0.25, 0.3) is 0 Å². The molecule has 1 aliphatic carbocycles. The van der Waals surface area contributed by atoms with Gasteiger partial charge >= 0.3 is 18.0 Å². The summed E-state index contributed by atoms with van der Waals surface area (Å²) in [6.07, 6.45) is 0.242. The monoisotopic (exact) mass is 541 g/mol. The van der Waals surface area contributed by atoms with Crippen LogP contribution in [0.25, 0.3) is 11.2 Å². The summed E-state index contributed by atoms with van der Waals surface area (Å²) in [6.45, 7) is -0.501. The van der Waals surface area contributed by atoms with E-state index < -0.39 is 40.2 Å². The molecule has 0 bridgehead atoms. The van der Waals surface area contributed by atoms with Gasteiger partial charge in [0.05, 0.1) is 16.2 Å².